The number of ether oxygens (including phenoxy) is 2. The largest absolute Gasteiger partial charge is 0.495 e. The number of aryl methyl sites for hydroxylation is 1. The SMILES string of the molecule is COc1ccc(C(N)c2cncn2C)c(OC)c1Br. The van der Waals surface area contributed by atoms with Gasteiger partial charge in [0.05, 0.1) is 38.5 Å². The third-order valence-electron chi connectivity index (χ3n) is 3.02. The predicted molar refractivity (Wildman–Crippen MR) is 76.5 cm³/mol. The number of methoxy groups -OCH3 is 2. The summed E-state index contributed by atoms with van der Waals surface area (Å²) >= 11 is 3.47. The quantitative estimate of drug-likeness (QED) is 0.936. The molecule has 1 heterocycles. The maximum Gasteiger partial charge on any atom is 0.141 e. The van der Waals surface area contributed by atoms with Gasteiger partial charge in [0.15, 0.2) is 0 Å². The average molecular weight is 326 g/mol. The summed E-state index contributed by atoms with van der Waals surface area (Å²) in [6.45, 7) is 0. The van der Waals surface area contributed by atoms with Crippen molar-refractivity contribution in [1.29, 1.82) is 0 Å². The van der Waals surface area contributed by atoms with Gasteiger partial charge in [-0.15, -0.1) is 0 Å². The Morgan fingerprint density at radius 1 is 1.32 bits per heavy atom. The number of hydrogen-bond donors (Lipinski definition) is 1. The van der Waals surface area contributed by atoms with Crippen LogP contribution in [0.4, 0.5) is 0 Å². The number of nitrogens with two attached hydrogens (primary N) is 1. The summed E-state index contributed by atoms with van der Waals surface area (Å²) in [5, 5.41) is 0. The van der Waals surface area contributed by atoms with E-state index in [9.17, 15) is 0 Å². The van der Waals surface area contributed by atoms with Crippen LogP contribution in [-0.4, -0.2) is 23.8 Å². The molecular weight excluding hydrogens is 310 g/mol. The molecule has 0 saturated carbocycles. The molecule has 0 spiro atoms. The van der Waals surface area contributed by atoms with E-state index in [1.165, 1.54) is 0 Å². The van der Waals surface area contributed by atoms with Gasteiger partial charge in [0.25, 0.3) is 0 Å². The van der Waals surface area contributed by atoms with E-state index in [0.717, 1.165) is 15.7 Å². The molecule has 0 fully saturated rings. The van der Waals surface area contributed by atoms with Gasteiger partial charge in [-0.1, -0.05) is 0 Å². The lowest BCUT2D eigenvalue weighted by molar-refractivity contribution is 0.384. The molecule has 2 N–H and O–H groups in total. The molecule has 1 aromatic carbocycles. The van der Waals surface area contributed by atoms with E-state index in [4.69, 9.17) is 15.2 Å². The van der Waals surface area contributed by atoms with E-state index >= 15 is 0 Å². The van der Waals surface area contributed by atoms with E-state index < -0.39 is 0 Å². The van der Waals surface area contributed by atoms with Gasteiger partial charge in [0.2, 0.25) is 0 Å². The fourth-order valence-electron chi connectivity index (χ4n) is 1.99. The summed E-state index contributed by atoms with van der Waals surface area (Å²) in [5.41, 5.74) is 8.08. The standard InChI is InChI=1S/C13H16BrN3O2/c1-17-7-16-6-9(17)12(15)8-4-5-10(18-2)11(14)13(8)19-3/h4-7,12H,15H2,1-3H3. The lowest BCUT2D eigenvalue weighted by Gasteiger charge is -2.18. The Bertz CT molecular complexity index is 583. The van der Waals surface area contributed by atoms with Gasteiger partial charge in [-0.05, 0) is 28.1 Å². The monoisotopic (exact) mass is 325 g/mol. The van der Waals surface area contributed by atoms with Gasteiger partial charge >= 0.3 is 0 Å². The molecule has 0 aliphatic heterocycles. The number of aromatic nitrogens is 2. The predicted octanol–water partition coefficient (Wildman–Crippen LogP) is 2.25. The van der Waals surface area contributed by atoms with Crippen molar-refractivity contribution in [2.45, 2.75) is 6.04 Å². The fraction of sp³-hybridized carbons (Fsp3) is 0.308. The zero-order chi connectivity index (χ0) is 14.0. The minimum atomic E-state index is -0.315. The van der Waals surface area contributed by atoms with Crippen LogP contribution in [0.5, 0.6) is 11.5 Å². The van der Waals surface area contributed by atoms with Crippen molar-refractivity contribution >= 4 is 15.9 Å². The summed E-state index contributed by atoms with van der Waals surface area (Å²) < 4.78 is 13.3. The first-order valence-electron chi connectivity index (χ1n) is 5.72. The van der Waals surface area contributed by atoms with Crippen LogP contribution in [0, 0.1) is 0 Å². The van der Waals surface area contributed by atoms with Gasteiger partial charge in [-0.25, -0.2) is 4.98 Å². The van der Waals surface area contributed by atoms with Crippen LogP contribution in [0.1, 0.15) is 17.3 Å². The van der Waals surface area contributed by atoms with Crippen molar-refractivity contribution in [3.63, 3.8) is 0 Å². The first-order valence-corrected chi connectivity index (χ1v) is 6.51. The highest BCUT2D eigenvalue weighted by atomic mass is 79.9. The average Bonchev–Trinajstić information content (AvgIpc) is 2.83. The van der Waals surface area contributed by atoms with Crippen molar-refractivity contribution in [3.8, 4) is 11.5 Å². The third kappa shape index (κ3) is 2.46. The van der Waals surface area contributed by atoms with E-state index in [-0.39, 0.29) is 6.04 Å². The Morgan fingerprint density at radius 3 is 2.58 bits per heavy atom. The van der Waals surface area contributed by atoms with E-state index in [1.54, 1.807) is 26.7 Å². The topological polar surface area (TPSA) is 62.3 Å². The van der Waals surface area contributed by atoms with Crippen LogP contribution in [0.3, 0.4) is 0 Å². The Balaban J connectivity index is 2.51. The molecule has 19 heavy (non-hydrogen) atoms. The van der Waals surface area contributed by atoms with E-state index in [2.05, 4.69) is 20.9 Å². The van der Waals surface area contributed by atoms with Gasteiger partial charge in [0.1, 0.15) is 16.0 Å². The molecule has 102 valence electrons. The van der Waals surface area contributed by atoms with Gasteiger partial charge in [-0.3, -0.25) is 0 Å². The number of nitrogens with zero attached hydrogens (tertiary/aromatic N) is 2. The van der Waals surface area contributed by atoms with E-state index in [0.29, 0.717) is 11.5 Å². The molecule has 0 aliphatic carbocycles. The first kappa shape index (κ1) is 13.9. The molecule has 0 aliphatic rings. The summed E-state index contributed by atoms with van der Waals surface area (Å²) in [5.74, 6) is 1.38. The molecule has 0 amide bonds. The van der Waals surface area contributed by atoms with Gasteiger partial charge < -0.3 is 19.8 Å². The minimum absolute atomic E-state index is 0.315. The summed E-state index contributed by atoms with van der Waals surface area (Å²) in [6, 6.07) is 3.45. The number of hydrogen-bond acceptors (Lipinski definition) is 4. The van der Waals surface area contributed by atoms with Crippen molar-refractivity contribution in [2.75, 3.05) is 14.2 Å². The molecular formula is C13H16BrN3O2. The summed E-state index contributed by atoms with van der Waals surface area (Å²) in [6.07, 6.45) is 3.47. The number of halogens is 1. The lowest BCUT2D eigenvalue weighted by atomic mass is 10.0. The molecule has 0 radical (unpaired) electrons. The maximum absolute atomic E-state index is 6.30. The fourth-order valence-corrected chi connectivity index (χ4v) is 2.67. The number of imidazole rings is 1. The molecule has 2 rings (SSSR count). The van der Waals surface area contributed by atoms with Crippen molar-refractivity contribution in [1.82, 2.24) is 9.55 Å². The minimum Gasteiger partial charge on any atom is -0.495 e. The van der Waals surface area contributed by atoms with Crippen LogP contribution in [-0.2, 0) is 7.05 Å². The molecule has 1 atom stereocenters. The zero-order valence-corrected chi connectivity index (χ0v) is 12.6. The van der Waals surface area contributed by atoms with Gasteiger partial charge in [0, 0.05) is 12.6 Å². The van der Waals surface area contributed by atoms with E-state index in [1.807, 2.05) is 23.7 Å². The van der Waals surface area contributed by atoms with Gasteiger partial charge in [-0.2, -0.15) is 0 Å². The summed E-state index contributed by atoms with van der Waals surface area (Å²) in [7, 11) is 5.13. The molecule has 5 nitrogen and oxygen atoms in total. The van der Waals surface area contributed by atoms with Crippen LogP contribution >= 0.6 is 15.9 Å². The highest BCUT2D eigenvalue weighted by Gasteiger charge is 2.20. The van der Waals surface area contributed by atoms with Crippen LogP contribution in [0.25, 0.3) is 0 Å². The molecule has 6 heteroatoms. The second-order valence-electron chi connectivity index (χ2n) is 4.11. The Hall–Kier alpha value is -1.53. The molecule has 1 unspecified atom stereocenters. The van der Waals surface area contributed by atoms with Crippen molar-refractivity contribution in [2.24, 2.45) is 12.8 Å². The van der Waals surface area contributed by atoms with Crippen molar-refractivity contribution < 1.29 is 9.47 Å². The van der Waals surface area contributed by atoms with Crippen LogP contribution in [0.2, 0.25) is 0 Å². The highest BCUT2D eigenvalue weighted by Crippen LogP contribution is 2.40. The Morgan fingerprint density at radius 2 is 2.05 bits per heavy atom. The number of rotatable bonds is 4. The Kier molecular flexibility index (Phi) is 4.11. The molecule has 0 saturated heterocycles. The summed E-state index contributed by atoms with van der Waals surface area (Å²) in [4.78, 5) is 4.09. The number of benzene rings is 1. The molecule has 0 bridgehead atoms. The second-order valence-corrected chi connectivity index (χ2v) is 4.90. The highest BCUT2D eigenvalue weighted by molar-refractivity contribution is 9.10. The molecule has 1 aromatic heterocycles. The lowest BCUT2D eigenvalue weighted by Crippen LogP contribution is -2.16. The maximum atomic E-state index is 6.30. The zero-order valence-electron chi connectivity index (χ0n) is 11.1. The molecule has 2 aromatic rings. The Labute approximate surface area is 120 Å². The normalized spacial score (nSPS) is 12.3. The first-order chi connectivity index (χ1) is 9.10. The van der Waals surface area contributed by atoms with Crippen LogP contribution in [0.15, 0.2) is 29.1 Å². The second kappa shape index (κ2) is 5.63. The van der Waals surface area contributed by atoms with Crippen molar-refractivity contribution in [3.05, 3.63) is 40.4 Å². The van der Waals surface area contributed by atoms with Crippen LogP contribution < -0.4 is 15.2 Å². The smallest absolute Gasteiger partial charge is 0.141 e. The third-order valence-corrected chi connectivity index (χ3v) is 3.77.